The number of hydrogen-bond acceptors (Lipinski definition) is 6. The van der Waals surface area contributed by atoms with Gasteiger partial charge in [0.15, 0.2) is 11.5 Å². The van der Waals surface area contributed by atoms with Crippen molar-refractivity contribution in [2.45, 2.75) is 6.54 Å². The van der Waals surface area contributed by atoms with Gasteiger partial charge in [0.25, 0.3) is 5.91 Å². The van der Waals surface area contributed by atoms with Crippen LogP contribution >= 0.6 is 0 Å². The second kappa shape index (κ2) is 8.62. The molecule has 3 aromatic rings. The Hall–Kier alpha value is -3.26. The first-order valence-corrected chi connectivity index (χ1v) is 9.88. The smallest absolute Gasteiger partial charge is 0.257 e. The van der Waals surface area contributed by atoms with Crippen molar-refractivity contribution in [2.24, 2.45) is 0 Å². The van der Waals surface area contributed by atoms with Crippen molar-refractivity contribution in [3.05, 3.63) is 47.8 Å². The highest BCUT2D eigenvalue weighted by atomic mass is 16.5. The standard InChI is InChI=1S/C22H26N4O4/c1-28-15-7-8-17-18(13-15)24-20(23-17)14-25-9-11-26(12-10-25)22(27)16-5-4-6-19(29-2)21(16)30-3/h4-8,13H,9-12,14H2,1-3H3,(H,23,24). The number of imidazole rings is 1. The van der Waals surface area contributed by atoms with Gasteiger partial charge < -0.3 is 24.1 Å². The zero-order chi connectivity index (χ0) is 21.1. The fraction of sp³-hybridized carbons (Fsp3) is 0.364. The maximum Gasteiger partial charge on any atom is 0.257 e. The van der Waals surface area contributed by atoms with Crippen molar-refractivity contribution < 1.29 is 19.0 Å². The Morgan fingerprint density at radius 3 is 2.53 bits per heavy atom. The van der Waals surface area contributed by atoms with Gasteiger partial charge in [-0.05, 0) is 24.3 Å². The Morgan fingerprint density at radius 2 is 1.83 bits per heavy atom. The van der Waals surface area contributed by atoms with Crippen LogP contribution in [0.25, 0.3) is 11.0 Å². The minimum absolute atomic E-state index is 0.0405. The van der Waals surface area contributed by atoms with E-state index in [4.69, 9.17) is 14.2 Å². The number of hydrogen-bond donors (Lipinski definition) is 1. The number of carbonyl (C=O) groups is 1. The van der Waals surface area contributed by atoms with E-state index >= 15 is 0 Å². The molecule has 8 nitrogen and oxygen atoms in total. The summed E-state index contributed by atoms with van der Waals surface area (Å²) < 4.78 is 16.0. The summed E-state index contributed by atoms with van der Waals surface area (Å²) in [4.78, 5) is 25.2. The highest BCUT2D eigenvalue weighted by Gasteiger charge is 2.26. The van der Waals surface area contributed by atoms with E-state index in [1.165, 1.54) is 0 Å². The molecule has 2 aromatic carbocycles. The van der Waals surface area contributed by atoms with E-state index in [0.29, 0.717) is 36.7 Å². The number of amides is 1. The summed E-state index contributed by atoms with van der Waals surface area (Å²) in [6.45, 7) is 3.55. The van der Waals surface area contributed by atoms with Crippen molar-refractivity contribution in [3.63, 3.8) is 0 Å². The van der Waals surface area contributed by atoms with Crippen molar-refractivity contribution in [3.8, 4) is 17.2 Å². The number of nitrogens with zero attached hydrogens (tertiary/aromatic N) is 3. The topological polar surface area (TPSA) is 79.9 Å². The molecule has 0 radical (unpaired) electrons. The number of aromatic nitrogens is 2. The summed E-state index contributed by atoms with van der Waals surface area (Å²) in [5, 5.41) is 0. The third-order valence-electron chi connectivity index (χ3n) is 5.40. The van der Waals surface area contributed by atoms with Gasteiger partial charge in [0.2, 0.25) is 0 Å². The largest absolute Gasteiger partial charge is 0.497 e. The van der Waals surface area contributed by atoms with Crippen LogP contribution in [0.4, 0.5) is 0 Å². The van der Waals surface area contributed by atoms with Crippen LogP contribution in [0.5, 0.6) is 17.2 Å². The maximum absolute atomic E-state index is 13.0. The Labute approximate surface area is 175 Å². The van der Waals surface area contributed by atoms with E-state index in [1.54, 1.807) is 39.5 Å². The number of benzene rings is 2. The predicted molar refractivity (Wildman–Crippen MR) is 113 cm³/mol. The van der Waals surface area contributed by atoms with Crippen LogP contribution in [0, 0.1) is 0 Å². The molecule has 1 aromatic heterocycles. The molecule has 30 heavy (non-hydrogen) atoms. The van der Waals surface area contributed by atoms with Crippen LogP contribution < -0.4 is 14.2 Å². The summed E-state index contributed by atoms with van der Waals surface area (Å²) in [7, 11) is 4.77. The SMILES string of the molecule is COc1ccc2nc(CN3CCN(C(=O)c4cccc(OC)c4OC)CC3)[nH]c2c1. The van der Waals surface area contributed by atoms with Crippen molar-refractivity contribution in [2.75, 3.05) is 47.5 Å². The number of nitrogens with one attached hydrogen (secondary N) is 1. The molecule has 0 spiro atoms. The van der Waals surface area contributed by atoms with E-state index < -0.39 is 0 Å². The number of fused-ring (bicyclic) bond motifs is 1. The van der Waals surface area contributed by atoms with Crippen LogP contribution in [0.2, 0.25) is 0 Å². The lowest BCUT2D eigenvalue weighted by molar-refractivity contribution is 0.0622. The molecule has 2 heterocycles. The number of ether oxygens (including phenoxy) is 3. The minimum atomic E-state index is -0.0405. The second-order valence-electron chi connectivity index (χ2n) is 7.18. The molecule has 1 aliphatic rings. The van der Waals surface area contributed by atoms with Crippen molar-refractivity contribution >= 4 is 16.9 Å². The molecule has 1 amide bonds. The fourth-order valence-corrected chi connectivity index (χ4v) is 3.79. The Kier molecular flexibility index (Phi) is 5.76. The number of rotatable bonds is 6. The first-order valence-electron chi connectivity index (χ1n) is 9.88. The molecule has 1 aliphatic heterocycles. The van der Waals surface area contributed by atoms with E-state index in [-0.39, 0.29) is 5.91 Å². The highest BCUT2D eigenvalue weighted by Crippen LogP contribution is 2.31. The van der Waals surface area contributed by atoms with Gasteiger partial charge in [-0.25, -0.2) is 4.98 Å². The normalized spacial score (nSPS) is 14.7. The van der Waals surface area contributed by atoms with Crippen molar-refractivity contribution in [1.29, 1.82) is 0 Å². The van der Waals surface area contributed by atoms with Crippen LogP contribution in [0.3, 0.4) is 0 Å². The highest BCUT2D eigenvalue weighted by molar-refractivity contribution is 5.98. The maximum atomic E-state index is 13.0. The first-order chi connectivity index (χ1) is 14.6. The van der Waals surface area contributed by atoms with Gasteiger partial charge in [0.1, 0.15) is 11.6 Å². The molecule has 158 valence electrons. The number of piperazine rings is 1. The first kappa shape index (κ1) is 20.0. The molecular formula is C22H26N4O4. The van der Waals surface area contributed by atoms with E-state index in [9.17, 15) is 4.79 Å². The van der Waals surface area contributed by atoms with Gasteiger partial charge in [0.05, 0.1) is 44.5 Å². The van der Waals surface area contributed by atoms with Gasteiger partial charge in [0, 0.05) is 32.2 Å². The molecule has 1 fully saturated rings. The molecule has 0 unspecified atom stereocenters. The van der Waals surface area contributed by atoms with Crippen LogP contribution in [0.15, 0.2) is 36.4 Å². The summed E-state index contributed by atoms with van der Waals surface area (Å²) in [6, 6.07) is 11.2. The summed E-state index contributed by atoms with van der Waals surface area (Å²) in [5.41, 5.74) is 2.41. The molecule has 0 bridgehead atoms. The Balaban J connectivity index is 1.40. The van der Waals surface area contributed by atoms with Crippen LogP contribution in [-0.2, 0) is 6.54 Å². The zero-order valence-corrected chi connectivity index (χ0v) is 17.5. The summed E-state index contributed by atoms with van der Waals surface area (Å²) in [5.74, 6) is 2.71. The summed E-state index contributed by atoms with van der Waals surface area (Å²) >= 11 is 0. The summed E-state index contributed by atoms with van der Waals surface area (Å²) in [6.07, 6.45) is 0. The number of para-hydroxylation sites is 1. The van der Waals surface area contributed by atoms with E-state index in [0.717, 1.165) is 35.7 Å². The average Bonchev–Trinajstić information content (AvgIpc) is 3.19. The van der Waals surface area contributed by atoms with Crippen molar-refractivity contribution in [1.82, 2.24) is 19.8 Å². The molecule has 0 saturated carbocycles. The molecule has 0 atom stereocenters. The monoisotopic (exact) mass is 410 g/mol. The number of carbonyl (C=O) groups excluding carboxylic acids is 1. The molecule has 1 saturated heterocycles. The molecular weight excluding hydrogens is 384 g/mol. The lowest BCUT2D eigenvalue weighted by Gasteiger charge is -2.34. The molecule has 4 rings (SSSR count). The van der Waals surface area contributed by atoms with E-state index in [1.807, 2.05) is 23.1 Å². The molecule has 8 heteroatoms. The third kappa shape index (κ3) is 3.91. The quantitative estimate of drug-likeness (QED) is 0.673. The van der Waals surface area contributed by atoms with Crippen LogP contribution in [0.1, 0.15) is 16.2 Å². The fourth-order valence-electron chi connectivity index (χ4n) is 3.79. The average molecular weight is 410 g/mol. The number of methoxy groups -OCH3 is 3. The van der Waals surface area contributed by atoms with Gasteiger partial charge >= 0.3 is 0 Å². The lowest BCUT2D eigenvalue weighted by Crippen LogP contribution is -2.48. The second-order valence-corrected chi connectivity index (χ2v) is 7.18. The van der Waals surface area contributed by atoms with Gasteiger partial charge in [-0.15, -0.1) is 0 Å². The number of H-pyrrole nitrogens is 1. The zero-order valence-electron chi connectivity index (χ0n) is 17.5. The third-order valence-corrected chi connectivity index (χ3v) is 5.40. The van der Waals surface area contributed by atoms with Gasteiger partial charge in [-0.3, -0.25) is 9.69 Å². The Bertz CT molecular complexity index is 1040. The predicted octanol–water partition coefficient (Wildman–Crippen LogP) is 2.55. The number of aromatic amines is 1. The van der Waals surface area contributed by atoms with E-state index in [2.05, 4.69) is 14.9 Å². The van der Waals surface area contributed by atoms with Gasteiger partial charge in [-0.1, -0.05) is 6.07 Å². The lowest BCUT2D eigenvalue weighted by atomic mass is 10.1. The van der Waals surface area contributed by atoms with Crippen LogP contribution in [-0.4, -0.2) is 73.2 Å². The molecule has 1 N–H and O–H groups in total. The minimum Gasteiger partial charge on any atom is -0.497 e. The molecule has 0 aliphatic carbocycles. The Morgan fingerprint density at radius 1 is 1.03 bits per heavy atom. The van der Waals surface area contributed by atoms with Gasteiger partial charge in [-0.2, -0.15) is 0 Å².